The first kappa shape index (κ1) is 15.6. The molecule has 2 fully saturated rings. The molecule has 1 heterocycles. The summed E-state index contributed by atoms with van der Waals surface area (Å²) in [6.07, 6.45) is 6.76. The highest BCUT2D eigenvalue weighted by Crippen LogP contribution is 2.28. The highest BCUT2D eigenvalue weighted by atomic mass is 15.2. The summed E-state index contributed by atoms with van der Waals surface area (Å²) in [5.41, 5.74) is 0. The highest BCUT2D eigenvalue weighted by molar-refractivity contribution is 5.79. The molecule has 20 heavy (non-hydrogen) atoms. The lowest BCUT2D eigenvalue weighted by molar-refractivity contribution is 0.187. The molecule has 1 saturated heterocycles. The van der Waals surface area contributed by atoms with E-state index >= 15 is 0 Å². The minimum Gasteiger partial charge on any atom is -0.357 e. The lowest BCUT2D eigenvalue weighted by Gasteiger charge is -2.31. The minimum absolute atomic E-state index is 0.865. The first-order valence-corrected chi connectivity index (χ1v) is 8.56. The molecule has 4 nitrogen and oxygen atoms in total. The summed E-state index contributed by atoms with van der Waals surface area (Å²) in [6.45, 7) is 11.2. The van der Waals surface area contributed by atoms with Crippen molar-refractivity contribution >= 4 is 5.96 Å². The van der Waals surface area contributed by atoms with Crippen LogP contribution in [0.5, 0.6) is 0 Å². The SMILES string of the molecule is CCNC(=NCC1CC1)NCCC1CCN(CC)CC1. The van der Waals surface area contributed by atoms with E-state index in [4.69, 9.17) is 0 Å². The number of likely N-dealkylation sites (tertiary alicyclic amines) is 1. The quantitative estimate of drug-likeness (QED) is 0.554. The minimum atomic E-state index is 0.865. The zero-order valence-electron chi connectivity index (χ0n) is 13.3. The van der Waals surface area contributed by atoms with Crippen LogP contribution in [0.1, 0.15) is 46.0 Å². The third kappa shape index (κ3) is 5.70. The van der Waals surface area contributed by atoms with Gasteiger partial charge in [0.2, 0.25) is 0 Å². The van der Waals surface area contributed by atoms with Gasteiger partial charge in [-0.2, -0.15) is 0 Å². The Hall–Kier alpha value is -0.770. The van der Waals surface area contributed by atoms with Crippen molar-refractivity contribution in [3.05, 3.63) is 0 Å². The van der Waals surface area contributed by atoms with Crippen LogP contribution < -0.4 is 10.6 Å². The fourth-order valence-corrected chi connectivity index (χ4v) is 2.85. The fourth-order valence-electron chi connectivity index (χ4n) is 2.85. The van der Waals surface area contributed by atoms with Gasteiger partial charge in [-0.1, -0.05) is 6.92 Å². The molecule has 0 aromatic carbocycles. The van der Waals surface area contributed by atoms with Crippen molar-refractivity contribution in [2.24, 2.45) is 16.8 Å². The van der Waals surface area contributed by atoms with Gasteiger partial charge in [-0.25, -0.2) is 0 Å². The van der Waals surface area contributed by atoms with Gasteiger partial charge in [-0.15, -0.1) is 0 Å². The van der Waals surface area contributed by atoms with Gasteiger partial charge in [0.05, 0.1) is 0 Å². The normalized spacial score (nSPS) is 22.0. The van der Waals surface area contributed by atoms with E-state index in [1.54, 1.807) is 0 Å². The summed E-state index contributed by atoms with van der Waals surface area (Å²) in [4.78, 5) is 7.23. The monoisotopic (exact) mass is 280 g/mol. The van der Waals surface area contributed by atoms with Gasteiger partial charge in [0, 0.05) is 19.6 Å². The maximum Gasteiger partial charge on any atom is 0.191 e. The van der Waals surface area contributed by atoms with E-state index in [-0.39, 0.29) is 0 Å². The number of hydrogen-bond acceptors (Lipinski definition) is 2. The number of guanidine groups is 1. The molecule has 0 radical (unpaired) electrons. The molecule has 1 aliphatic heterocycles. The molecule has 116 valence electrons. The van der Waals surface area contributed by atoms with Gasteiger partial charge in [-0.3, -0.25) is 4.99 Å². The largest absolute Gasteiger partial charge is 0.357 e. The zero-order valence-corrected chi connectivity index (χ0v) is 13.3. The average Bonchev–Trinajstić information content (AvgIpc) is 3.30. The summed E-state index contributed by atoms with van der Waals surface area (Å²) >= 11 is 0. The number of nitrogens with zero attached hydrogens (tertiary/aromatic N) is 2. The standard InChI is InChI=1S/C16H32N4/c1-3-17-16(19-13-15-5-6-15)18-10-7-14-8-11-20(4-2)12-9-14/h14-15H,3-13H2,1-2H3,(H2,17,18,19). The van der Waals surface area contributed by atoms with Crippen LogP contribution in [-0.2, 0) is 0 Å². The van der Waals surface area contributed by atoms with Crippen molar-refractivity contribution in [2.45, 2.75) is 46.0 Å². The highest BCUT2D eigenvalue weighted by Gasteiger charge is 2.21. The Balaban J connectivity index is 1.61. The summed E-state index contributed by atoms with van der Waals surface area (Å²) in [5.74, 6) is 2.78. The molecule has 0 atom stereocenters. The van der Waals surface area contributed by atoms with Crippen LogP contribution in [-0.4, -0.2) is 50.1 Å². The van der Waals surface area contributed by atoms with Crippen LogP contribution in [0.25, 0.3) is 0 Å². The van der Waals surface area contributed by atoms with E-state index in [2.05, 4.69) is 34.4 Å². The maximum atomic E-state index is 4.67. The van der Waals surface area contributed by atoms with Crippen molar-refractivity contribution in [2.75, 3.05) is 39.3 Å². The topological polar surface area (TPSA) is 39.7 Å². The smallest absolute Gasteiger partial charge is 0.191 e. The molecule has 2 rings (SSSR count). The van der Waals surface area contributed by atoms with E-state index in [1.165, 1.54) is 51.7 Å². The van der Waals surface area contributed by atoms with Crippen LogP contribution >= 0.6 is 0 Å². The second kappa shape index (κ2) is 8.50. The van der Waals surface area contributed by atoms with E-state index in [1.807, 2.05) is 0 Å². The lowest BCUT2D eigenvalue weighted by Crippen LogP contribution is -2.39. The summed E-state index contributed by atoms with van der Waals surface area (Å²) in [5, 5.41) is 6.85. The van der Waals surface area contributed by atoms with Gasteiger partial charge in [0.1, 0.15) is 0 Å². The molecule has 1 saturated carbocycles. The molecule has 2 aliphatic rings. The molecular formula is C16H32N4. The van der Waals surface area contributed by atoms with Crippen LogP contribution in [0.3, 0.4) is 0 Å². The molecule has 0 unspecified atom stereocenters. The molecular weight excluding hydrogens is 248 g/mol. The predicted octanol–water partition coefficient (Wildman–Crippen LogP) is 2.07. The molecule has 0 aromatic rings. The van der Waals surface area contributed by atoms with Crippen molar-refractivity contribution in [3.63, 3.8) is 0 Å². The van der Waals surface area contributed by atoms with Crippen molar-refractivity contribution in [1.82, 2.24) is 15.5 Å². The molecule has 4 heteroatoms. The molecule has 1 aliphatic carbocycles. The van der Waals surface area contributed by atoms with Crippen LogP contribution in [0.15, 0.2) is 4.99 Å². The number of piperidine rings is 1. The van der Waals surface area contributed by atoms with Crippen LogP contribution in [0.4, 0.5) is 0 Å². The van der Waals surface area contributed by atoms with E-state index in [0.717, 1.165) is 37.4 Å². The zero-order chi connectivity index (χ0) is 14.2. The van der Waals surface area contributed by atoms with E-state index in [9.17, 15) is 0 Å². The van der Waals surface area contributed by atoms with Crippen molar-refractivity contribution < 1.29 is 0 Å². The molecule has 2 N–H and O–H groups in total. The Bertz CT molecular complexity index is 291. The summed E-state index contributed by atoms with van der Waals surface area (Å²) < 4.78 is 0. The Morgan fingerprint density at radius 1 is 1.05 bits per heavy atom. The van der Waals surface area contributed by atoms with Crippen LogP contribution in [0.2, 0.25) is 0 Å². The van der Waals surface area contributed by atoms with E-state index < -0.39 is 0 Å². The predicted molar refractivity (Wildman–Crippen MR) is 86.2 cm³/mol. The van der Waals surface area contributed by atoms with Gasteiger partial charge >= 0.3 is 0 Å². The Morgan fingerprint density at radius 3 is 2.40 bits per heavy atom. The second-order valence-corrected chi connectivity index (χ2v) is 6.26. The number of nitrogens with one attached hydrogen (secondary N) is 2. The third-order valence-corrected chi connectivity index (χ3v) is 4.55. The molecule has 0 aromatic heterocycles. The Morgan fingerprint density at radius 2 is 1.80 bits per heavy atom. The lowest BCUT2D eigenvalue weighted by atomic mass is 9.93. The van der Waals surface area contributed by atoms with Crippen molar-refractivity contribution in [1.29, 1.82) is 0 Å². The third-order valence-electron chi connectivity index (χ3n) is 4.55. The first-order chi connectivity index (χ1) is 9.81. The van der Waals surface area contributed by atoms with Gasteiger partial charge in [0.15, 0.2) is 5.96 Å². The van der Waals surface area contributed by atoms with E-state index in [0.29, 0.717) is 0 Å². The Labute approximate surface area is 124 Å². The second-order valence-electron chi connectivity index (χ2n) is 6.26. The molecule has 0 spiro atoms. The molecule has 0 bridgehead atoms. The van der Waals surface area contributed by atoms with Gasteiger partial charge in [-0.05, 0) is 70.5 Å². The number of hydrogen-bond donors (Lipinski definition) is 2. The van der Waals surface area contributed by atoms with Gasteiger partial charge < -0.3 is 15.5 Å². The maximum absolute atomic E-state index is 4.67. The molecule has 0 amide bonds. The first-order valence-electron chi connectivity index (χ1n) is 8.56. The average molecular weight is 280 g/mol. The summed E-state index contributed by atoms with van der Waals surface area (Å²) in [7, 11) is 0. The summed E-state index contributed by atoms with van der Waals surface area (Å²) in [6, 6.07) is 0. The fraction of sp³-hybridized carbons (Fsp3) is 0.938. The number of rotatable bonds is 7. The Kier molecular flexibility index (Phi) is 6.64. The van der Waals surface area contributed by atoms with Crippen molar-refractivity contribution in [3.8, 4) is 0 Å². The number of aliphatic imine (C=N–C) groups is 1. The van der Waals surface area contributed by atoms with Gasteiger partial charge in [0.25, 0.3) is 0 Å². The van der Waals surface area contributed by atoms with Crippen LogP contribution in [0, 0.1) is 11.8 Å².